The fourth-order valence-electron chi connectivity index (χ4n) is 3.31. The molecule has 3 rings (SSSR count). The molecule has 1 aliphatic rings. The first kappa shape index (κ1) is 20.7. The first-order chi connectivity index (χ1) is 13.8. The molecule has 0 radical (unpaired) electrons. The van der Waals surface area contributed by atoms with E-state index in [9.17, 15) is 18.5 Å². The average Bonchev–Trinajstić information content (AvgIpc) is 2.74. The van der Waals surface area contributed by atoms with Crippen LogP contribution in [-0.2, 0) is 10.0 Å². The maximum atomic E-state index is 13.1. The summed E-state index contributed by atoms with van der Waals surface area (Å²) in [6.45, 7) is 2.00. The molecule has 29 heavy (non-hydrogen) atoms. The molecule has 152 valence electrons. The molecule has 2 aromatic carbocycles. The van der Waals surface area contributed by atoms with E-state index in [0.29, 0.717) is 22.9 Å². The van der Waals surface area contributed by atoms with Gasteiger partial charge in [0, 0.05) is 24.3 Å². The van der Waals surface area contributed by atoms with Crippen molar-refractivity contribution in [3.05, 3.63) is 82.6 Å². The van der Waals surface area contributed by atoms with Crippen molar-refractivity contribution in [2.75, 3.05) is 18.8 Å². The number of nitro groups is 1. The predicted octanol–water partition coefficient (Wildman–Crippen LogP) is 3.46. The SMILES string of the molecule is CCS(=O)(=O)[N+]1(c2ccc(Oc3ccc([N+](=O)[O-])cc3)cc2)CC=CC=C1CN. The number of sulfonamides is 1. The van der Waals surface area contributed by atoms with Crippen molar-refractivity contribution < 1.29 is 18.1 Å². The van der Waals surface area contributed by atoms with E-state index in [4.69, 9.17) is 10.5 Å². The van der Waals surface area contributed by atoms with Crippen molar-refractivity contribution in [2.24, 2.45) is 5.73 Å². The van der Waals surface area contributed by atoms with E-state index >= 15 is 0 Å². The second kappa shape index (κ2) is 8.16. The topological polar surface area (TPSA) is 113 Å². The standard InChI is InChI=1S/C20H22N3O5S/c1-2-29(26,27)23(14-4-3-5-18(23)15-21)17-8-12-20(13-9-17)28-19-10-6-16(7-11-19)22(24)25/h3-13H,2,14-15,21H2,1H3/q+1. The van der Waals surface area contributed by atoms with Crippen LogP contribution in [0.2, 0.25) is 0 Å². The lowest BCUT2D eigenvalue weighted by atomic mass is 10.2. The smallest absolute Gasteiger partial charge is 0.306 e. The number of quaternary nitrogens is 1. The Bertz CT molecular complexity index is 1060. The van der Waals surface area contributed by atoms with Crippen molar-refractivity contribution in [3.63, 3.8) is 0 Å². The van der Waals surface area contributed by atoms with Crippen molar-refractivity contribution in [1.82, 2.24) is 3.89 Å². The molecule has 1 heterocycles. The van der Waals surface area contributed by atoms with E-state index in [2.05, 4.69) is 0 Å². The highest BCUT2D eigenvalue weighted by Gasteiger charge is 2.46. The van der Waals surface area contributed by atoms with Crippen molar-refractivity contribution in [2.45, 2.75) is 6.92 Å². The molecule has 1 unspecified atom stereocenters. The van der Waals surface area contributed by atoms with E-state index in [1.165, 1.54) is 24.3 Å². The summed E-state index contributed by atoms with van der Waals surface area (Å²) < 4.78 is 31.5. The summed E-state index contributed by atoms with van der Waals surface area (Å²) in [5.74, 6) is 0.900. The Balaban J connectivity index is 1.93. The minimum absolute atomic E-state index is 0.0248. The third kappa shape index (κ3) is 3.80. The second-order valence-corrected chi connectivity index (χ2v) is 8.79. The molecular formula is C20H22N3O5S+. The number of ether oxygens (including phenoxy) is 1. The predicted molar refractivity (Wildman–Crippen MR) is 112 cm³/mol. The molecule has 8 nitrogen and oxygen atoms in total. The summed E-state index contributed by atoms with van der Waals surface area (Å²) in [5, 5.41) is 10.7. The molecule has 0 aliphatic carbocycles. The number of allylic oxidation sites excluding steroid dienone is 2. The van der Waals surface area contributed by atoms with Crippen LogP contribution >= 0.6 is 0 Å². The van der Waals surface area contributed by atoms with Crippen LogP contribution in [0.3, 0.4) is 0 Å². The maximum absolute atomic E-state index is 13.1. The monoisotopic (exact) mass is 416 g/mol. The van der Waals surface area contributed by atoms with E-state index in [-0.39, 0.29) is 28.4 Å². The third-order valence-electron chi connectivity index (χ3n) is 4.84. The van der Waals surface area contributed by atoms with Gasteiger partial charge in [0.2, 0.25) is 0 Å². The van der Waals surface area contributed by atoms with Gasteiger partial charge in [-0.05, 0) is 43.3 Å². The molecule has 0 fully saturated rings. The summed E-state index contributed by atoms with van der Waals surface area (Å²) in [7, 11) is -3.55. The fraction of sp³-hybridized carbons (Fsp3) is 0.200. The lowest BCUT2D eigenvalue weighted by molar-refractivity contribution is -0.384. The highest BCUT2D eigenvalue weighted by molar-refractivity contribution is 7.91. The Hall–Kier alpha value is -3.01. The number of non-ortho nitro benzene ring substituents is 1. The van der Waals surface area contributed by atoms with Gasteiger partial charge >= 0.3 is 10.0 Å². The van der Waals surface area contributed by atoms with Gasteiger partial charge in [0.25, 0.3) is 5.69 Å². The van der Waals surface area contributed by atoms with Crippen LogP contribution in [0.15, 0.2) is 72.5 Å². The number of hydrogen-bond acceptors (Lipinski definition) is 6. The van der Waals surface area contributed by atoms with Crippen LogP contribution < -0.4 is 14.4 Å². The van der Waals surface area contributed by atoms with Crippen LogP contribution in [0.1, 0.15) is 6.92 Å². The Morgan fingerprint density at radius 2 is 1.69 bits per heavy atom. The quantitative estimate of drug-likeness (QED) is 0.420. The molecule has 2 N–H and O–H groups in total. The van der Waals surface area contributed by atoms with Crippen molar-refractivity contribution in [1.29, 1.82) is 0 Å². The average molecular weight is 416 g/mol. The maximum Gasteiger partial charge on any atom is 0.306 e. The third-order valence-corrected chi connectivity index (χ3v) is 7.11. The van der Waals surface area contributed by atoms with Gasteiger partial charge in [-0.25, -0.2) is 0 Å². The number of hydrogen-bond donors (Lipinski definition) is 1. The zero-order chi connectivity index (χ0) is 21.1. The van der Waals surface area contributed by atoms with E-state index in [1.54, 1.807) is 37.3 Å². The fourth-order valence-corrected chi connectivity index (χ4v) is 5.00. The lowest BCUT2D eigenvalue weighted by Crippen LogP contribution is -2.56. The van der Waals surface area contributed by atoms with Gasteiger partial charge in [-0.1, -0.05) is 6.08 Å². The molecule has 0 saturated heterocycles. The molecule has 1 aliphatic heterocycles. The van der Waals surface area contributed by atoms with Gasteiger partial charge < -0.3 is 10.5 Å². The highest BCUT2D eigenvalue weighted by atomic mass is 32.2. The number of nitrogens with two attached hydrogens (primary N) is 1. The first-order valence-corrected chi connectivity index (χ1v) is 10.6. The van der Waals surface area contributed by atoms with Crippen LogP contribution in [-0.4, -0.2) is 32.2 Å². The van der Waals surface area contributed by atoms with E-state index < -0.39 is 14.9 Å². The molecule has 0 amide bonds. The molecule has 1 atom stereocenters. The largest absolute Gasteiger partial charge is 0.457 e. The van der Waals surface area contributed by atoms with Crippen molar-refractivity contribution in [3.8, 4) is 11.5 Å². The summed E-state index contributed by atoms with van der Waals surface area (Å²) in [6, 6.07) is 12.5. The molecule has 2 aromatic rings. The number of nitrogens with zero attached hydrogens (tertiary/aromatic N) is 2. The van der Waals surface area contributed by atoms with Gasteiger partial charge in [0.1, 0.15) is 23.7 Å². The zero-order valence-electron chi connectivity index (χ0n) is 15.9. The van der Waals surface area contributed by atoms with E-state index in [0.717, 1.165) is 0 Å². The first-order valence-electron chi connectivity index (χ1n) is 9.04. The van der Waals surface area contributed by atoms with Crippen LogP contribution in [0.4, 0.5) is 11.4 Å². The number of benzene rings is 2. The number of rotatable bonds is 7. The van der Waals surface area contributed by atoms with Gasteiger partial charge in [0.05, 0.1) is 17.2 Å². The molecule has 9 heteroatoms. The van der Waals surface area contributed by atoms with Crippen LogP contribution in [0.5, 0.6) is 11.5 Å². The summed E-state index contributed by atoms with van der Waals surface area (Å²) >= 11 is 0. The Morgan fingerprint density at radius 1 is 1.10 bits per heavy atom. The highest BCUT2D eigenvalue weighted by Crippen LogP contribution is 2.37. The van der Waals surface area contributed by atoms with Crippen LogP contribution in [0.25, 0.3) is 0 Å². The van der Waals surface area contributed by atoms with Gasteiger partial charge in [-0.3, -0.25) is 10.1 Å². The summed E-state index contributed by atoms with van der Waals surface area (Å²) in [5.41, 5.74) is 7.02. The van der Waals surface area contributed by atoms with Crippen molar-refractivity contribution >= 4 is 21.4 Å². The number of nitro benzene ring substituents is 1. The van der Waals surface area contributed by atoms with Gasteiger partial charge in [-0.15, -0.1) is 0 Å². The van der Waals surface area contributed by atoms with E-state index in [1.807, 2.05) is 12.2 Å². The molecular weight excluding hydrogens is 394 g/mol. The van der Waals surface area contributed by atoms with Gasteiger partial charge in [0.15, 0.2) is 5.69 Å². The second-order valence-electron chi connectivity index (χ2n) is 6.43. The normalized spacial score (nSPS) is 18.9. The minimum atomic E-state index is -3.55. The molecule has 0 bridgehead atoms. The molecule has 0 spiro atoms. The summed E-state index contributed by atoms with van der Waals surface area (Å²) in [4.78, 5) is 10.3. The molecule has 0 saturated carbocycles. The Labute approximate surface area is 169 Å². The summed E-state index contributed by atoms with van der Waals surface area (Å²) in [6.07, 6.45) is 5.38. The lowest BCUT2D eigenvalue weighted by Gasteiger charge is -2.37. The minimum Gasteiger partial charge on any atom is -0.457 e. The van der Waals surface area contributed by atoms with Crippen LogP contribution in [0, 0.1) is 10.1 Å². The molecule has 0 aromatic heterocycles. The zero-order valence-corrected chi connectivity index (χ0v) is 16.7. The Kier molecular flexibility index (Phi) is 5.83. The Morgan fingerprint density at radius 3 is 2.21 bits per heavy atom. The van der Waals surface area contributed by atoms with Gasteiger partial charge in [-0.2, -0.15) is 12.3 Å².